The monoisotopic (exact) mass is 288 g/mol. The zero-order valence-electron chi connectivity index (χ0n) is 4.88. The van der Waals surface area contributed by atoms with E-state index in [4.69, 9.17) is 0 Å². The van der Waals surface area contributed by atoms with Gasteiger partial charge in [0.05, 0.1) is 0 Å². The minimum absolute atomic E-state index is 0. The number of hydrogen-bond donors (Lipinski definition) is 0. The van der Waals surface area contributed by atoms with Crippen molar-refractivity contribution in [3.05, 3.63) is 36.4 Å². The molecule has 0 aliphatic rings. The molecule has 0 aromatic heterocycles. The SMILES string of the molecule is I.[F][Zn+].[c-]1ccccc1. The summed E-state index contributed by atoms with van der Waals surface area (Å²) in [6.45, 7) is 0. The van der Waals surface area contributed by atoms with Gasteiger partial charge in [-0.05, 0) is 0 Å². The van der Waals surface area contributed by atoms with Crippen LogP contribution in [0, 0.1) is 6.07 Å². The number of hydrogen-bond acceptors (Lipinski definition) is 0. The first-order valence-corrected chi connectivity index (χ1v) is 3.30. The van der Waals surface area contributed by atoms with Crippen molar-refractivity contribution < 1.29 is 22.1 Å². The van der Waals surface area contributed by atoms with E-state index >= 15 is 0 Å². The maximum atomic E-state index is 9.62. The first-order valence-electron chi connectivity index (χ1n) is 2.18. The predicted octanol–water partition coefficient (Wildman–Crippen LogP) is 2.52. The molecule has 46 valence electrons. The fourth-order valence-electron chi connectivity index (χ4n) is 0.342. The van der Waals surface area contributed by atoms with Crippen molar-refractivity contribution in [1.82, 2.24) is 0 Å². The fourth-order valence-corrected chi connectivity index (χ4v) is 0.342. The van der Waals surface area contributed by atoms with Gasteiger partial charge in [0.1, 0.15) is 0 Å². The average molecular weight is 289 g/mol. The Labute approximate surface area is 82.1 Å². The van der Waals surface area contributed by atoms with Crippen molar-refractivity contribution in [2.75, 3.05) is 0 Å². The van der Waals surface area contributed by atoms with Gasteiger partial charge in [-0.1, -0.05) is 0 Å². The third-order valence-corrected chi connectivity index (χ3v) is 0.607. The Bertz CT molecular complexity index is 85.0. The maximum Gasteiger partial charge on any atom is -0.171 e. The summed E-state index contributed by atoms with van der Waals surface area (Å²) in [6.07, 6.45) is 0. The van der Waals surface area contributed by atoms with E-state index in [0.29, 0.717) is 0 Å². The van der Waals surface area contributed by atoms with Crippen LogP contribution in [-0.2, 0) is 18.8 Å². The van der Waals surface area contributed by atoms with Gasteiger partial charge < -0.3 is 0 Å². The van der Waals surface area contributed by atoms with Crippen LogP contribution in [0.5, 0.6) is 0 Å². The predicted molar refractivity (Wildman–Crippen MR) is 41.8 cm³/mol. The summed E-state index contributed by atoms with van der Waals surface area (Å²) in [5.74, 6) is 0. The topological polar surface area (TPSA) is 0 Å². The molecule has 0 unspecified atom stereocenters. The smallest absolute Gasteiger partial charge is 0.171 e. The molecule has 0 heterocycles. The fraction of sp³-hybridized carbons (Fsp3) is 0. The molecule has 1 rings (SSSR count). The molecule has 0 aliphatic heterocycles. The largest absolute Gasteiger partial charge is 0.184 e. The Morgan fingerprint density at radius 2 is 1.44 bits per heavy atom. The Hall–Kier alpha value is 0.503. The third kappa shape index (κ3) is 8.50. The zero-order chi connectivity index (χ0) is 6.24. The van der Waals surface area contributed by atoms with E-state index in [-0.39, 0.29) is 42.8 Å². The van der Waals surface area contributed by atoms with Gasteiger partial charge in [-0.3, -0.25) is 0 Å². The normalized spacial score (nSPS) is 6.11. The Morgan fingerprint density at radius 3 is 1.56 bits per heavy atom. The Balaban J connectivity index is 0. The number of benzene rings is 1. The van der Waals surface area contributed by atoms with Crippen LogP contribution in [0.1, 0.15) is 0 Å². The molecule has 0 spiro atoms. The van der Waals surface area contributed by atoms with Crippen LogP contribution in [0.2, 0.25) is 0 Å². The molecule has 0 saturated carbocycles. The van der Waals surface area contributed by atoms with Gasteiger partial charge in [0, 0.05) is 0 Å². The third-order valence-electron chi connectivity index (χ3n) is 0.607. The van der Waals surface area contributed by atoms with Crippen LogP contribution in [0.4, 0.5) is 3.32 Å². The Morgan fingerprint density at radius 1 is 1.00 bits per heavy atom. The second kappa shape index (κ2) is 11.3. The molecule has 0 radical (unpaired) electrons. The average Bonchev–Trinajstić information content (AvgIpc) is 1.96. The Kier molecular flexibility index (Phi) is 15.4. The van der Waals surface area contributed by atoms with Crippen molar-refractivity contribution in [2.24, 2.45) is 0 Å². The van der Waals surface area contributed by atoms with Gasteiger partial charge in [-0.25, -0.2) is 0 Å². The van der Waals surface area contributed by atoms with Crippen molar-refractivity contribution in [3.63, 3.8) is 0 Å². The standard InChI is InChI=1S/C6H5.FH.HI.Zn/c1-2-4-6-5-3-1;;;/h1-5H;2*1H;/q-1;;;+2/p-1. The molecule has 0 N–H and O–H groups in total. The second-order valence-corrected chi connectivity index (χ2v) is 1.08. The molecular formula is C6H6FIZn. The van der Waals surface area contributed by atoms with E-state index in [1.54, 1.807) is 0 Å². The van der Waals surface area contributed by atoms with E-state index in [1.165, 1.54) is 0 Å². The minimum Gasteiger partial charge on any atom is -0.184 e. The number of rotatable bonds is 0. The van der Waals surface area contributed by atoms with E-state index < -0.39 is 0 Å². The molecule has 0 nitrogen and oxygen atoms in total. The summed E-state index contributed by atoms with van der Waals surface area (Å²) >= 11 is -0.125. The van der Waals surface area contributed by atoms with Gasteiger partial charge in [-0.2, -0.15) is 36.4 Å². The van der Waals surface area contributed by atoms with E-state index in [9.17, 15) is 3.32 Å². The summed E-state index contributed by atoms with van der Waals surface area (Å²) in [7, 11) is 0. The summed E-state index contributed by atoms with van der Waals surface area (Å²) in [6, 6.07) is 12.5. The molecule has 1 aromatic rings. The van der Waals surface area contributed by atoms with Gasteiger partial charge in [0.2, 0.25) is 0 Å². The molecule has 0 aliphatic carbocycles. The zero-order valence-corrected chi connectivity index (χ0v) is 10.2. The van der Waals surface area contributed by atoms with Gasteiger partial charge in [0.25, 0.3) is 0 Å². The van der Waals surface area contributed by atoms with E-state index in [1.807, 2.05) is 30.3 Å². The van der Waals surface area contributed by atoms with Crippen LogP contribution < -0.4 is 0 Å². The quantitative estimate of drug-likeness (QED) is 0.391. The molecule has 0 fully saturated rings. The molecule has 9 heavy (non-hydrogen) atoms. The first kappa shape index (κ1) is 12.2. The summed E-state index contributed by atoms with van der Waals surface area (Å²) in [5.41, 5.74) is 0. The van der Waals surface area contributed by atoms with Crippen LogP contribution in [0.15, 0.2) is 30.3 Å². The van der Waals surface area contributed by atoms with Crippen molar-refractivity contribution >= 4 is 24.0 Å². The number of halogens is 2. The maximum absolute atomic E-state index is 9.62. The van der Waals surface area contributed by atoms with Gasteiger partial charge in [0.15, 0.2) is 0 Å². The van der Waals surface area contributed by atoms with Crippen LogP contribution >= 0.6 is 24.0 Å². The van der Waals surface area contributed by atoms with Gasteiger partial charge in [-0.15, -0.1) is 24.0 Å². The summed E-state index contributed by atoms with van der Waals surface area (Å²) in [4.78, 5) is 0. The summed E-state index contributed by atoms with van der Waals surface area (Å²) in [5, 5.41) is 0. The van der Waals surface area contributed by atoms with Crippen molar-refractivity contribution in [1.29, 1.82) is 0 Å². The molecule has 3 heteroatoms. The van der Waals surface area contributed by atoms with Crippen LogP contribution in [-0.4, -0.2) is 0 Å². The van der Waals surface area contributed by atoms with Crippen molar-refractivity contribution in [2.45, 2.75) is 0 Å². The van der Waals surface area contributed by atoms with Gasteiger partial charge >= 0.3 is 22.1 Å². The first-order chi connectivity index (χ1) is 4.00. The van der Waals surface area contributed by atoms with Crippen LogP contribution in [0.25, 0.3) is 0 Å². The molecule has 0 amide bonds. The molecule has 0 atom stereocenters. The summed E-state index contributed by atoms with van der Waals surface area (Å²) < 4.78 is 9.62. The van der Waals surface area contributed by atoms with Crippen LogP contribution in [0.3, 0.4) is 0 Å². The molecule has 1 aromatic carbocycles. The van der Waals surface area contributed by atoms with Crippen molar-refractivity contribution in [3.8, 4) is 0 Å². The minimum atomic E-state index is -0.125. The van der Waals surface area contributed by atoms with E-state index in [0.717, 1.165) is 0 Å². The second-order valence-electron chi connectivity index (χ2n) is 1.08. The molecule has 0 saturated heterocycles. The van der Waals surface area contributed by atoms with E-state index in [2.05, 4.69) is 6.07 Å². The molecular weight excluding hydrogens is 283 g/mol. The molecule has 0 bridgehead atoms.